The minimum atomic E-state index is -1.42. The second-order valence-corrected chi connectivity index (χ2v) is 5.74. The number of para-hydroxylation sites is 1. The summed E-state index contributed by atoms with van der Waals surface area (Å²) in [5, 5.41) is 13.0. The van der Waals surface area contributed by atoms with Gasteiger partial charge in [0.25, 0.3) is 5.91 Å². The lowest BCUT2D eigenvalue weighted by molar-refractivity contribution is -0.130. The molecule has 104 valence electrons. The van der Waals surface area contributed by atoms with E-state index in [0.717, 1.165) is 4.90 Å². The lowest BCUT2D eigenvalue weighted by Crippen LogP contribution is -2.42. The zero-order valence-corrected chi connectivity index (χ0v) is 12.1. The second kappa shape index (κ2) is 6.59. The van der Waals surface area contributed by atoms with Crippen LogP contribution >= 0.6 is 11.8 Å². The molecule has 20 heavy (non-hydrogen) atoms. The fraction of sp³-hybridized carbons (Fsp3) is 0.188. The number of aliphatic hydroxyl groups is 1. The number of amides is 1. The average molecular weight is 287 g/mol. The molecule has 1 atom stereocenters. The monoisotopic (exact) mass is 287 g/mol. The molecule has 2 N–H and O–H groups in total. The lowest BCUT2D eigenvalue weighted by Gasteiger charge is -2.21. The molecule has 2 aromatic carbocycles. The highest BCUT2D eigenvalue weighted by Gasteiger charge is 2.30. The number of thioether (sulfide) groups is 1. The van der Waals surface area contributed by atoms with Gasteiger partial charge >= 0.3 is 0 Å². The molecule has 0 aliphatic heterocycles. The van der Waals surface area contributed by atoms with Gasteiger partial charge in [-0.25, -0.2) is 0 Å². The molecule has 0 aromatic heterocycles. The molecule has 2 rings (SSSR count). The van der Waals surface area contributed by atoms with E-state index in [2.05, 4.69) is 5.32 Å². The van der Waals surface area contributed by atoms with Gasteiger partial charge in [0, 0.05) is 16.3 Å². The first-order valence-corrected chi connectivity index (χ1v) is 7.33. The van der Waals surface area contributed by atoms with E-state index in [4.69, 9.17) is 0 Å². The van der Waals surface area contributed by atoms with Crippen molar-refractivity contribution in [2.75, 3.05) is 11.1 Å². The first-order chi connectivity index (χ1) is 9.58. The number of carbonyl (C=O) groups is 1. The zero-order valence-electron chi connectivity index (χ0n) is 11.2. The Labute approximate surface area is 123 Å². The molecule has 0 spiro atoms. The Morgan fingerprint density at radius 2 is 1.65 bits per heavy atom. The van der Waals surface area contributed by atoms with Crippen LogP contribution in [0.1, 0.15) is 6.92 Å². The van der Waals surface area contributed by atoms with Crippen LogP contribution in [-0.2, 0) is 4.79 Å². The molecule has 3 nitrogen and oxygen atoms in total. The summed E-state index contributed by atoms with van der Waals surface area (Å²) >= 11 is 1.46. The van der Waals surface area contributed by atoms with Gasteiger partial charge in [-0.1, -0.05) is 36.4 Å². The zero-order chi connectivity index (χ0) is 14.4. The summed E-state index contributed by atoms with van der Waals surface area (Å²) in [7, 11) is 0. The molecule has 0 saturated heterocycles. The number of hydrogen-bond acceptors (Lipinski definition) is 3. The quantitative estimate of drug-likeness (QED) is 0.830. The van der Waals surface area contributed by atoms with Gasteiger partial charge in [-0.2, -0.15) is 0 Å². The number of hydrogen-bond donors (Lipinski definition) is 2. The Bertz CT molecular complexity index is 555. The molecule has 1 unspecified atom stereocenters. The molecule has 0 bridgehead atoms. The van der Waals surface area contributed by atoms with Crippen LogP contribution in [-0.4, -0.2) is 22.4 Å². The van der Waals surface area contributed by atoms with E-state index >= 15 is 0 Å². The Morgan fingerprint density at radius 3 is 2.25 bits per heavy atom. The number of anilines is 1. The summed E-state index contributed by atoms with van der Waals surface area (Å²) in [6, 6.07) is 18.8. The molecule has 0 aliphatic rings. The molecular weight excluding hydrogens is 270 g/mol. The van der Waals surface area contributed by atoms with Crippen molar-refractivity contribution in [3.63, 3.8) is 0 Å². The predicted molar refractivity (Wildman–Crippen MR) is 82.9 cm³/mol. The van der Waals surface area contributed by atoms with Crippen molar-refractivity contribution in [2.24, 2.45) is 0 Å². The minimum absolute atomic E-state index is 0.301. The fourth-order valence-corrected chi connectivity index (χ4v) is 2.52. The van der Waals surface area contributed by atoms with Gasteiger partial charge in [0.1, 0.15) is 5.60 Å². The maximum atomic E-state index is 12.1. The highest BCUT2D eigenvalue weighted by atomic mass is 32.2. The summed E-state index contributed by atoms with van der Waals surface area (Å²) in [5.74, 6) is -0.0949. The molecule has 0 fully saturated rings. The molecule has 4 heteroatoms. The smallest absolute Gasteiger partial charge is 0.256 e. The molecular formula is C16H17NO2S. The van der Waals surface area contributed by atoms with Gasteiger partial charge in [-0.05, 0) is 31.2 Å². The van der Waals surface area contributed by atoms with Crippen molar-refractivity contribution in [1.29, 1.82) is 0 Å². The van der Waals surface area contributed by atoms with Gasteiger partial charge in [0.05, 0.1) is 0 Å². The van der Waals surface area contributed by atoms with Crippen molar-refractivity contribution >= 4 is 23.4 Å². The van der Waals surface area contributed by atoms with Gasteiger partial charge in [0.15, 0.2) is 0 Å². The van der Waals surface area contributed by atoms with Crippen LogP contribution in [0.25, 0.3) is 0 Å². The molecule has 0 radical (unpaired) electrons. The van der Waals surface area contributed by atoms with Gasteiger partial charge in [0.2, 0.25) is 0 Å². The summed E-state index contributed by atoms with van der Waals surface area (Å²) in [6.07, 6.45) is 0. The molecule has 0 saturated carbocycles. The number of rotatable bonds is 5. The fourth-order valence-electron chi connectivity index (χ4n) is 1.59. The summed E-state index contributed by atoms with van der Waals surface area (Å²) in [6.45, 7) is 1.53. The van der Waals surface area contributed by atoms with Gasteiger partial charge in [-0.3, -0.25) is 4.79 Å². The van der Waals surface area contributed by atoms with Crippen LogP contribution in [0.5, 0.6) is 0 Å². The predicted octanol–water partition coefficient (Wildman–Crippen LogP) is 3.17. The van der Waals surface area contributed by atoms with Crippen molar-refractivity contribution in [3.05, 3.63) is 60.7 Å². The lowest BCUT2D eigenvalue weighted by atomic mass is 10.1. The third-order valence-corrected chi connectivity index (χ3v) is 4.10. The summed E-state index contributed by atoms with van der Waals surface area (Å²) in [5.41, 5.74) is -0.737. The number of nitrogens with one attached hydrogen (secondary N) is 1. The van der Waals surface area contributed by atoms with E-state index in [0.29, 0.717) is 11.4 Å². The Balaban J connectivity index is 1.94. The Kier molecular flexibility index (Phi) is 4.82. The van der Waals surface area contributed by atoms with E-state index in [-0.39, 0.29) is 0 Å². The average Bonchev–Trinajstić information content (AvgIpc) is 2.47. The van der Waals surface area contributed by atoms with Crippen molar-refractivity contribution in [1.82, 2.24) is 0 Å². The first-order valence-electron chi connectivity index (χ1n) is 6.35. The highest BCUT2D eigenvalue weighted by molar-refractivity contribution is 7.99. The van der Waals surface area contributed by atoms with Crippen LogP contribution in [0.3, 0.4) is 0 Å². The molecule has 1 amide bonds. The second-order valence-electron chi connectivity index (χ2n) is 4.70. The standard InChI is InChI=1S/C16H17NO2S/c1-16(19,12-20-14-10-6-3-7-11-14)15(18)17-13-8-4-2-5-9-13/h2-11,19H,12H2,1H3,(H,17,18). The van der Waals surface area contributed by atoms with Gasteiger partial charge < -0.3 is 10.4 Å². The van der Waals surface area contributed by atoms with Crippen LogP contribution in [0.2, 0.25) is 0 Å². The topological polar surface area (TPSA) is 49.3 Å². The highest BCUT2D eigenvalue weighted by Crippen LogP contribution is 2.23. The molecule has 0 heterocycles. The summed E-state index contributed by atoms with van der Waals surface area (Å²) in [4.78, 5) is 13.1. The number of benzene rings is 2. The van der Waals surface area contributed by atoms with E-state index < -0.39 is 11.5 Å². The van der Waals surface area contributed by atoms with E-state index in [9.17, 15) is 9.90 Å². The Hall–Kier alpha value is -1.78. The largest absolute Gasteiger partial charge is 0.379 e. The maximum Gasteiger partial charge on any atom is 0.256 e. The van der Waals surface area contributed by atoms with E-state index in [1.807, 2.05) is 48.5 Å². The van der Waals surface area contributed by atoms with Crippen LogP contribution < -0.4 is 5.32 Å². The van der Waals surface area contributed by atoms with Crippen molar-refractivity contribution < 1.29 is 9.90 Å². The normalized spacial score (nSPS) is 13.5. The van der Waals surface area contributed by atoms with Crippen LogP contribution in [0, 0.1) is 0 Å². The van der Waals surface area contributed by atoms with Gasteiger partial charge in [-0.15, -0.1) is 11.8 Å². The molecule has 0 aliphatic carbocycles. The van der Waals surface area contributed by atoms with Crippen molar-refractivity contribution in [2.45, 2.75) is 17.4 Å². The summed E-state index contributed by atoms with van der Waals surface area (Å²) < 4.78 is 0. The van der Waals surface area contributed by atoms with Crippen LogP contribution in [0.4, 0.5) is 5.69 Å². The third kappa shape index (κ3) is 4.11. The van der Waals surface area contributed by atoms with E-state index in [1.54, 1.807) is 12.1 Å². The SMILES string of the molecule is CC(O)(CSc1ccccc1)C(=O)Nc1ccccc1. The third-order valence-electron chi connectivity index (χ3n) is 2.78. The van der Waals surface area contributed by atoms with E-state index in [1.165, 1.54) is 18.7 Å². The molecule has 2 aromatic rings. The van der Waals surface area contributed by atoms with Crippen LogP contribution in [0.15, 0.2) is 65.6 Å². The number of carbonyl (C=O) groups excluding carboxylic acids is 1. The van der Waals surface area contributed by atoms with Crippen molar-refractivity contribution in [3.8, 4) is 0 Å². The maximum absolute atomic E-state index is 12.1. The first kappa shape index (κ1) is 14.6. The minimum Gasteiger partial charge on any atom is -0.379 e. The Morgan fingerprint density at radius 1 is 1.10 bits per heavy atom.